The summed E-state index contributed by atoms with van der Waals surface area (Å²) in [4.78, 5) is 16.9. The predicted octanol–water partition coefficient (Wildman–Crippen LogP) is 0.654. The van der Waals surface area contributed by atoms with E-state index in [0.29, 0.717) is 12.5 Å². The molecular weight excluding hydrogens is 250 g/mol. The summed E-state index contributed by atoms with van der Waals surface area (Å²) in [6.45, 7) is 8.08. The molecule has 0 bridgehead atoms. The zero-order chi connectivity index (χ0) is 13.9. The molecule has 20 heavy (non-hydrogen) atoms. The van der Waals surface area contributed by atoms with Crippen molar-refractivity contribution in [3.8, 4) is 0 Å². The lowest BCUT2D eigenvalue weighted by Crippen LogP contribution is -2.62. The van der Waals surface area contributed by atoms with E-state index in [1.54, 1.807) is 0 Å². The summed E-state index contributed by atoms with van der Waals surface area (Å²) in [7, 11) is 0. The van der Waals surface area contributed by atoms with Crippen molar-refractivity contribution < 1.29 is 4.79 Å². The number of benzene rings is 1. The van der Waals surface area contributed by atoms with E-state index < -0.39 is 0 Å². The van der Waals surface area contributed by atoms with Gasteiger partial charge in [-0.05, 0) is 18.1 Å². The second-order valence-electron chi connectivity index (χ2n) is 5.83. The topological polar surface area (TPSA) is 35.6 Å². The Labute approximate surface area is 120 Å². The number of rotatable bonds is 3. The Morgan fingerprint density at radius 3 is 2.50 bits per heavy atom. The number of aryl methyl sites for hydroxylation is 1. The number of nitrogens with one attached hydrogen (secondary N) is 1. The van der Waals surface area contributed by atoms with Crippen LogP contribution in [0.3, 0.4) is 0 Å². The van der Waals surface area contributed by atoms with Crippen molar-refractivity contribution in [2.24, 2.45) is 0 Å². The van der Waals surface area contributed by atoms with Crippen LogP contribution in [0.5, 0.6) is 0 Å². The Kier molecular flexibility index (Phi) is 4.03. The number of hydrogen-bond donors (Lipinski definition) is 1. The Bertz CT molecular complexity index is 476. The van der Waals surface area contributed by atoms with Crippen LogP contribution in [0.15, 0.2) is 24.3 Å². The van der Waals surface area contributed by atoms with Gasteiger partial charge in [0.2, 0.25) is 5.91 Å². The molecule has 1 aromatic carbocycles. The first-order valence-electron chi connectivity index (χ1n) is 7.51. The lowest BCUT2D eigenvalue weighted by atomic mass is 10.0. The summed E-state index contributed by atoms with van der Waals surface area (Å²) < 4.78 is 0. The Hall–Kier alpha value is -1.39. The van der Waals surface area contributed by atoms with Gasteiger partial charge in [-0.2, -0.15) is 0 Å². The summed E-state index contributed by atoms with van der Waals surface area (Å²) in [6.07, 6.45) is 0.539. The quantitative estimate of drug-likeness (QED) is 0.878. The van der Waals surface area contributed by atoms with Crippen molar-refractivity contribution in [2.75, 3.05) is 39.3 Å². The maximum Gasteiger partial charge on any atom is 0.227 e. The number of piperazine rings is 1. The first kappa shape index (κ1) is 13.6. The third kappa shape index (κ3) is 2.86. The molecule has 0 atom stereocenters. The van der Waals surface area contributed by atoms with Crippen molar-refractivity contribution in [2.45, 2.75) is 19.4 Å². The van der Waals surface area contributed by atoms with E-state index in [4.69, 9.17) is 0 Å². The van der Waals surface area contributed by atoms with Crippen molar-refractivity contribution in [3.63, 3.8) is 0 Å². The molecule has 108 valence electrons. The SMILES string of the molecule is Cc1ccccc1CC(=O)N1CCN(C2CNC2)CC1. The van der Waals surface area contributed by atoms with Crippen LogP contribution in [-0.2, 0) is 11.2 Å². The van der Waals surface area contributed by atoms with Gasteiger partial charge in [0.25, 0.3) is 0 Å². The summed E-state index contributed by atoms with van der Waals surface area (Å²) >= 11 is 0. The zero-order valence-corrected chi connectivity index (χ0v) is 12.1. The molecule has 0 aliphatic carbocycles. The lowest BCUT2D eigenvalue weighted by molar-refractivity contribution is -0.132. The fraction of sp³-hybridized carbons (Fsp3) is 0.562. The van der Waals surface area contributed by atoms with Gasteiger partial charge in [0, 0.05) is 45.3 Å². The molecule has 2 aliphatic rings. The van der Waals surface area contributed by atoms with Crippen LogP contribution in [0.25, 0.3) is 0 Å². The molecule has 2 aliphatic heterocycles. The predicted molar refractivity (Wildman–Crippen MR) is 79.7 cm³/mol. The minimum absolute atomic E-state index is 0.269. The summed E-state index contributed by atoms with van der Waals surface area (Å²) in [5.41, 5.74) is 2.36. The molecule has 0 unspecified atom stereocenters. The Balaban J connectivity index is 1.52. The average molecular weight is 273 g/mol. The second kappa shape index (κ2) is 5.94. The maximum atomic E-state index is 12.4. The van der Waals surface area contributed by atoms with E-state index in [0.717, 1.165) is 44.8 Å². The van der Waals surface area contributed by atoms with Gasteiger partial charge < -0.3 is 10.2 Å². The number of hydrogen-bond acceptors (Lipinski definition) is 3. The molecule has 1 N–H and O–H groups in total. The summed E-state index contributed by atoms with van der Waals surface area (Å²) in [5, 5.41) is 3.31. The molecule has 0 spiro atoms. The highest BCUT2D eigenvalue weighted by molar-refractivity contribution is 5.79. The number of carbonyl (C=O) groups is 1. The Morgan fingerprint density at radius 2 is 1.90 bits per heavy atom. The smallest absolute Gasteiger partial charge is 0.227 e. The van der Waals surface area contributed by atoms with Crippen LogP contribution in [0.1, 0.15) is 11.1 Å². The molecule has 0 saturated carbocycles. The van der Waals surface area contributed by atoms with Gasteiger partial charge >= 0.3 is 0 Å². The third-order valence-electron chi connectivity index (χ3n) is 4.55. The first-order valence-corrected chi connectivity index (χ1v) is 7.51. The van der Waals surface area contributed by atoms with E-state index >= 15 is 0 Å². The van der Waals surface area contributed by atoms with Gasteiger partial charge in [-0.15, -0.1) is 0 Å². The third-order valence-corrected chi connectivity index (χ3v) is 4.55. The van der Waals surface area contributed by atoms with Crippen LogP contribution in [-0.4, -0.2) is 61.0 Å². The molecule has 2 fully saturated rings. The summed E-state index contributed by atoms with van der Waals surface area (Å²) in [6, 6.07) is 8.86. The van der Waals surface area contributed by atoms with Gasteiger partial charge in [0.15, 0.2) is 0 Å². The highest BCUT2D eigenvalue weighted by atomic mass is 16.2. The van der Waals surface area contributed by atoms with Crippen LogP contribution in [0, 0.1) is 6.92 Å². The lowest BCUT2D eigenvalue weighted by Gasteiger charge is -2.43. The van der Waals surface area contributed by atoms with Crippen LogP contribution >= 0.6 is 0 Å². The minimum atomic E-state index is 0.269. The number of nitrogens with zero attached hydrogens (tertiary/aromatic N) is 2. The highest BCUT2D eigenvalue weighted by Gasteiger charge is 2.29. The van der Waals surface area contributed by atoms with E-state index in [1.165, 1.54) is 5.56 Å². The first-order chi connectivity index (χ1) is 9.74. The normalized spacial score (nSPS) is 20.8. The molecule has 0 radical (unpaired) electrons. The van der Waals surface area contributed by atoms with E-state index in [1.807, 2.05) is 17.0 Å². The van der Waals surface area contributed by atoms with Crippen molar-refractivity contribution in [3.05, 3.63) is 35.4 Å². The van der Waals surface area contributed by atoms with Crippen molar-refractivity contribution in [1.29, 1.82) is 0 Å². The molecule has 0 aromatic heterocycles. The van der Waals surface area contributed by atoms with Crippen LogP contribution in [0.2, 0.25) is 0 Å². The van der Waals surface area contributed by atoms with Gasteiger partial charge in [-0.1, -0.05) is 24.3 Å². The molecule has 4 heteroatoms. The average Bonchev–Trinajstić information content (AvgIpc) is 2.40. The highest BCUT2D eigenvalue weighted by Crippen LogP contribution is 2.13. The van der Waals surface area contributed by atoms with Gasteiger partial charge in [0.1, 0.15) is 0 Å². The standard InChI is InChI=1S/C16H23N3O/c1-13-4-2-3-5-14(13)10-16(20)19-8-6-18(7-9-19)15-11-17-12-15/h2-5,15,17H,6-12H2,1H3. The second-order valence-corrected chi connectivity index (χ2v) is 5.83. The molecule has 2 saturated heterocycles. The summed E-state index contributed by atoms with van der Waals surface area (Å²) in [5.74, 6) is 0.269. The molecule has 2 heterocycles. The fourth-order valence-corrected chi connectivity index (χ4v) is 2.95. The van der Waals surface area contributed by atoms with Gasteiger partial charge in [-0.25, -0.2) is 0 Å². The Morgan fingerprint density at radius 1 is 1.20 bits per heavy atom. The molecule has 3 rings (SSSR count). The molecular formula is C16H23N3O. The van der Waals surface area contributed by atoms with Crippen molar-refractivity contribution in [1.82, 2.24) is 15.1 Å². The van der Waals surface area contributed by atoms with Gasteiger partial charge in [-0.3, -0.25) is 9.69 Å². The molecule has 1 amide bonds. The number of amides is 1. The minimum Gasteiger partial charge on any atom is -0.340 e. The fourth-order valence-electron chi connectivity index (χ4n) is 2.95. The molecule has 1 aromatic rings. The van der Waals surface area contributed by atoms with E-state index in [9.17, 15) is 4.79 Å². The van der Waals surface area contributed by atoms with Crippen LogP contribution < -0.4 is 5.32 Å². The monoisotopic (exact) mass is 273 g/mol. The van der Waals surface area contributed by atoms with E-state index in [-0.39, 0.29) is 5.91 Å². The van der Waals surface area contributed by atoms with Crippen molar-refractivity contribution >= 4 is 5.91 Å². The van der Waals surface area contributed by atoms with Gasteiger partial charge in [0.05, 0.1) is 6.42 Å². The number of carbonyl (C=O) groups excluding carboxylic acids is 1. The molecule has 4 nitrogen and oxygen atoms in total. The van der Waals surface area contributed by atoms with E-state index in [2.05, 4.69) is 29.3 Å². The zero-order valence-electron chi connectivity index (χ0n) is 12.1. The largest absolute Gasteiger partial charge is 0.340 e. The maximum absolute atomic E-state index is 12.4. The van der Waals surface area contributed by atoms with Crippen LogP contribution in [0.4, 0.5) is 0 Å².